The number of benzene rings is 1. The van der Waals surface area contributed by atoms with Crippen LogP contribution in [0.15, 0.2) is 44.4 Å². The largest absolute Gasteiger partial charge is 0.447 e. The van der Waals surface area contributed by atoms with E-state index in [0.717, 1.165) is 11.4 Å². The Morgan fingerprint density at radius 3 is 3.18 bits per heavy atom. The zero-order valence-corrected chi connectivity index (χ0v) is 8.77. The number of rotatable bonds is 3. The minimum absolute atomic E-state index is 0.451. The second kappa shape index (κ2) is 3.82. The van der Waals surface area contributed by atoms with Gasteiger partial charge in [-0.15, -0.1) is 0 Å². The summed E-state index contributed by atoms with van der Waals surface area (Å²) in [5.74, 6) is 0.290. The molecule has 2 N–H and O–H groups in total. The lowest BCUT2D eigenvalue weighted by atomic mass is 10.3. The fourth-order valence-electron chi connectivity index (χ4n) is 1.58. The number of nitrogens with one attached hydrogen (secondary N) is 2. The molecule has 0 unspecified atom stereocenters. The van der Waals surface area contributed by atoms with Gasteiger partial charge in [-0.3, -0.25) is 4.98 Å². The van der Waals surface area contributed by atoms with Gasteiger partial charge in [-0.1, -0.05) is 0 Å². The second-order valence-electron chi connectivity index (χ2n) is 3.55. The highest BCUT2D eigenvalue weighted by atomic mass is 16.4. The van der Waals surface area contributed by atoms with E-state index in [1.807, 2.05) is 6.07 Å². The molecule has 17 heavy (non-hydrogen) atoms. The molecule has 2 heterocycles. The molecule has 0 saturated heterocycles. The van der Waals surface area contributed by atoms with E-state index >= 15 is 0 Å². The van der Waals surface area contributed by atoms with Gasteiger partial charge in [0.15, 0.2) is 12.0 Å². The van der Waals surface area contributed by atoms with Gasteiger partial charge in [-0.2, -0.15) is 0 Å². The lowest BCUT2D eigenvalue weighted by Crippen LogP contribution is -1.97. The maximum absolute atomic E-state index is 11.0. The van der Waals surface area contributed by atoms with E-state index in [1.165, 1.54) is 6.39 Å². The number of fused-ring (bicyclic) bond motifs is 1. The predicted molar refractivity (Wildman–Crippen MR) is 60.7 cm³/mol. The smallest absolute Gasteiger partial charge is 0.417 e. The summed E-state index contributed by atoms with van der Waals surface area (Å²) in [6.45, 7) is 0.535. The van der Waals surface area contributed by atoms with Crippen LogP contribution in [0.3, 0.4) is 0 Å². The Kier molecular flexibility index (Phi) is 2.18. The summed E-state index contributed by atoms with van der Waals surface area (Å²) in [5.41, 5.74) is 2.07. The van der Waals surface area contributed by atoms with Crippen molar-refractivity contribution in [3.05, 3.63) is 47.1 Å². The Bertz CT molecular complexity index is 681. The predicted octanol–water partition coefficient (Wildman–Crippen LogP) is 1.72. The molecule has 0 fully saturated rings. The summed E-state index contributed by atoms with van der Waals surface area (Å²) in [4.78, 5) is 17.4. The number of H-pyrrole nitrogens is 1. The molecule has 0 atom stereocenters. The molecule has 2 aromatic heterocycles. The van der Waals surface area contributed by atoms with Gasteiger partial charge in [0.25, 0.3) is 0 Å². The molecule has 0 spiro atoms. The van der Waals surface area contributed by atoms with Crippen LogP contribution in [0.5, 0.6) is 0 Å². The molecule has 0 aliphatic rings. The molecule has 0 saturated carbocycles. The Hall–Kier alpha value is -2.50. The summed E-state index contributed by atoms with van der Waals surface area (Å²) >= 11 is 0. The SMILES string of the molecule is O=c1[nH]c2cc(NCc3cnco3)ccc2o1. The highest BCUT2D eigenvalue weighted by Gasteiger charge is 2.02. The van der Waals surface area contributed by atoms with Crippen molar-refractivity contribution in [3.63, 3.8) is 0 Å². The van der Waals surface area contributed by atoms with Crippen LogP contribution < -0.4 is 11.1 Å². The van der Waals surface area contributed by atoms with E-state index in [4.69, 9.17) is 8.83 Å². The molecule has 0 bridgehead atoms. The first-order valence-electron chi connectivity index (χ1n) is 5.05. The van der Waals surface area contributed by atoms with E-state index < -0.39 is 5.76 Å². The Morgan fingerprint density at radius 2 is 2.35 bits per heavy atom. The molecule has 0 aliphatic carbocycles. The van der Waals surface area contributed by atoms with Gasteiger partial charge in [-0.25, -0.2) is 9.78 Å². The maximum Gasteiger partial charge on any atom is 0.417 e. The first-order chi connectivity index (χ1) is 8.31. The molecule has 3 aromatic rings. The van der Waals surface area contributed by atoms with E-state index in [2.05, 4.69) is 15.3 Å². The van der Waals surface area contributed by atoms with Crippen molar-refractivity contribution in [2.24, 2.45) is 0 Å². The quantitative estimate of drug-likeness (QED) is 0.717. The molecular weight excluding hydrogens is 222 g/mol. The van der Waals surface area contributed by atoms with Gasteiger partial charge in [0.2, 0.25) is 0 Å². The standard InChI is InChI=1S/C11H9N3O3/c15-11-14-9-3-7(1-2-10(9)17-11)13-5-8-4-12-6-16-8/h1-4,6,13H,5H2,(H,14,15). The van der Waals surface area contributed by atoms with Gasteiger partial charge in [0.05, 0.1) is 18.3 Å². The Balaban J connectivity index is 1.83. The van der Waals surface area contributed by atoms with Crippen LogP contribution in [0.4, 0.5) is 5.69 Å². The molecule has 6 nitrogen and oxygen atoms in total. The van der Waals surface area contributed by atoms with Gasteiger partial charge in [0, 0.05) is 5.69 Å². The van der Waals surface area contributed by atoms with Crippen LogP contribution in [0.1, 0.15) is 5.76 Å². The summed E-state index contributed by atoms with van der Waals surface area (Å²) in [6.07, 6.45) is 3.03. The van der Waals surface area contributed by atoms with Gasteiger partial charge in [-0.05, 0) is 18.2 Å². The number of aromatic nitrogens is 2. The van der Waals surface area contributed by atoms with E-state index in [-0.39, 0.29) is 0 Å². The highest BCUT2D eigenvalue weighted by molar-refractivity contribution is 5.76. The van der Waals surface area contributed by atoms with Crippen LogP contribution in [0.2, 0.25) is 0 Å². The van der Waals surface area contributed by atoms with Crippen molar-refractivity contribution >= 4 is 16.8 Å². The first-order valence-corrected chi connectivity index (χ1v) is 5.05. The minimum atomic E-state index is -0.451. The van der Waals surface area contributed by atoms with Gasteiger partial charge in [0.1, 0.15) is 5.76 Å². The highest BCUT2D eigenvalue weighted by Crippen LogP contribution is 2.16. The van der Waals surface area contributed by atoms with E-state index in [0.29, 0.717) is 17.6 Å². The zero-order valence-electron chi connectivity index (χ0n) is 8.77. The summed E-state index contributed by atoms with van der Waals surface area (Å²) in [5, 5.41) is 3.15. The lowest BCUT2D eigenvalue weighted by Gasteiger charge is -2.02. The topological polar surface area (TPSA) is 84.1 Å². The molecular formula is C11H9N3O3. The average Bonchev–Trinajstić information content (AvgIpc) is 2.92. The number of aromatic amines is 1. The molecule has 86 valence electrons. The van der Waals surface area contributed by atoms with Crippen LogP contribution >= 0.6 is 0 Å². The molecule has 0 aliphatic heterocycles. The van der Waals surface area contributed by atoms with Crippen molar-refractivity contribution in [2.45, 2.75) is 6.54 Å². The van der Waals surface area contributed by atoms with Crippen molar-refractivity contribution in [1.29, 1.82) is 0 Å². The van der Waals surface area contributed by atoms with E-state index in [1.54, 1.807) is 18.3 Å². The van der Waals surface area contributed by atoms with Crippen molar-refractivity contribution in [2.75, 3.05) is 5.32 Å². The van der Waals surface area contributed by atoms with Crippen LogP contribution in [-0.2, 0) is 6.54 Å². The summed E-state index contributed by atoms with van der Waals surface area (Å²) < 4.78 is 10.0. The van der Waals surface area contributed by atoms with Crippen LogP contribution in [-0.4, -0.2) is 9.97 Å². The minimum Gasteiger partial charge on any atom is -0.447 e. The fourth-order valence-corrected chi connectivity index (χ4v) is 1.58. The third-order valence-electron chi connectivity index (χ3n) is 2.37. The molecule has 6 heteroatoms. The monoisotopic (exact) mass is 231 g/mol. The maximum atomic E-state index is 11.0. The number of hydrogen-bond acceptors (Lipinski definition) is 5. The fraction of sp³-hybridized carbons (Fsp3) is 0.0909. The van der Waals surface area contributed by atoms with Gasteiger partial charge < -0.3 is 14.2 Å². The van der Waals surface area contributed by atoms with E-state index in [9.17, 15) is 4.79 Å². The first kappa shape index (κ1) is 9.71. The molecule has 3 rings (SSSR count). The van der Waals surface area contributed by atoms with Crippen molar-refractivity contribution in [1.82, 2.24) is 9.97 Å². The normalized spacial score (nSPS) is 10.8. The third-order valence-corrected chi connectivity index (χ3v) is 2.37. The van der Waals surface area contributed by atoms with Crippen LogP contribution in [0.25, 0.3) is 11.1 Å². The number of nitrogens with zero attached hydrogens (tertiary/aromatic N) is 1. The Labute approximate surface area is 95.3 Å². The number of oxazole rings is 2. The van der Waals surface area contributed by atoms with Gasteiger partial charge >= 0.3 is 5.76 Å². The molecule has 1 aromatic carbocycles. The summed E-state index contributed by atoms with van der Waals surface area (Å²) in [6, 6.07) is 5.36. The summed E-state index contributed by atoms with van der Waals surface area (Å²) in [7, 11) is 0. The zero-order chi connectivity index (χ0) is 11.7. The average molecular weight is 231 g/mol. The molecule has 0 radical (unpaired) electrons. The van der Waals surface area contributed by atoms with Crippen molar-refractivity contribution < 1.29 is 8.83 Å². The van der Waals surface area contributed by atoms with Crippen LogP contribution in [0, 0.1) is 0 Å². The second-order valence-corrected chi connectivity index (χ2v) is 3.55. The molecule has 0 amide bonds. The van der Waals surface area contributed by atoms with Crippen molar-refractivity contribution in [3.8, 4) is 0 Å². The number of anilines is 1. The lowest BCUT2D eigenvalue weighted by molar-refractivity contribution is 0.512. The number of hydrogen-bond donors (Lipinski definition) is 2. The third kappa shape index (κ3) is 1.92. The Morgan fingerprint density at radius 1 is 1.41 bits per heavy atom.